The fraction of sp³-hybridized carbons (Fsp3) is 0.154. The molecule has 0 unspecified atom stereocenters. The Hall–Kier alpha value is -1.83. The highest BCUT2D eigenvalue weighted by molar-refractivity contribution is 5.69. The Kier molecular flexibility index (Phi) is 2.42. The van der Waals surface area contributed by atoms with Crippen LogP contribution in [-0.4, -0.2) is 10.1 Å². The Balaban J connectivity index is 2.60. The van der Waals surface area contributed by atoms with Crippen LogP contribution >= 0.6 is 0 Å². The van der Waals surface area contributed by atoms with Crippen LogP contribution in [0, 0.1) is 13.8 Å². The predicted molar refractivity (Wildman–Crippen MR) is 62.2 cm³/mol. The molecule has 1 aromatic carbocycles. The average molecular weight is 200 g/mol. The molecule has 1 aromatic heterocycles. The van der Waals surface area contributed by atoms with Crippen molar-refractivity contribution in [1.82, 2.24) is 4.98 Å². The largest absolute Gasteiger partial charge is 0.593 e. The van der Waals surface area contributed by atoms with Gasteiger partial charge in [0, 0.05) is 29.6 Å². The molecule has 0 aliphatic carbocycles. The van der Waals surface area contributed by atoms with E-state index >= 15 is 0 Å². The maximum Gasteiger partial charge on any atom is 0.254 e. The van der Waals surface area contributed by atoms with Gasteiger partial charge in [-0.3, -0.25) is 4.98 Å². The molecule has 76 valence electrons. The quantitative estimate of drug-likeness (QED) is 0.652. The number of hydrogen-bond acceptors (Lipinski definition) is 1. The first-order valence-electron chi connectivity index (χ1n) is 4.93. The Morgan fingerprint density at radius 3 is 2.53 bits per heavy atom. The predicted octanol–water partition coefficient (Wildman–Crippen LogP) is 2.80. The highest BCUT2D eigenvalue weighted by atomic mass is 16.3. The molecule has 2 heteroatoms. The number of hydrogen-bond donors (Lipinski definition) is 0. The van der Waals surface area contributed by atoms with Gasteiger partial charge in [-0.1, -0.05) is 6.07 Å². The first-order valence-corrected chi connectivity index (χ1v) is 4.93. The molecule has 1 heterocycles. The molecule has 2 rings (SSSR count). The number of nitrogens with zero attached hydrogens (tertiary/aromatic N) is 1. The molecule has 0 amide bonds. The summed E-state index contributed by atoms with van der Waals surface area (Å²) in [7, 11) is 0. The fourth-order valence-corrected chi connectivity index (χ4v) is 1.73. The third kappa shape index (κ3) is 1.84. The number of benzene rings is 1. The molecule has 0 aliphatic heterocycles. The summed E-state index contributed by atoms with van der Waals surface area (Å²) in [6.07, 6.45) is 1.80. The number of pyridine rings is 1. The molecule has 2 N–H and O–H groups in total. The van der Waals surface area contributed by atoms with Crippen LogP contribution in [0.2, 0.25) is 0 Å². The van der Waals surface area contributed by atoms with E-state index < -0.39 is 0 Å². The van der Waals surface area contributed by atoms with Crippen molar-refractivity contribution in [1.29, 1.82) is 0 Å². The molecule has 0 radical (unpaired) electrons. The standard InChI is InChI=1S/C13H13NO/c1-9-8-11(15)5-6-12(9)13-4-3-7-14-10(13)2/h3-8,15H,1-2H3/p+1. The van der Waals surface area contributed by atoms with Gasteiger partial charge in [0.2, 0.25) is 0 Å². The molecule has 0 spiro atoms. The van der Waals surface area contributed by atoms with Crippen LogP contribution in [0.4, 0.5) is 0 Å². The zero-order valence-electron chi connectivity index (χ0n) is 8.91. The average Bonchev–Trinajstić information content (AvgIpc) is 2.20. The van der Waals surface area contributed by atoms with Gasteiger partial charge in [-0.15, -0.1) is 0 Å². The summed E-state index contributed by atoms with van der Waals surface area (Å²) in [5.41, 5.74) is 4.46. The van der Waals surface area contributed by atoms with Gasteiger partial charge >= 0.3 is 0 Å². The number of aromatic nitrogens is 1. The van der Waals surface area contributed by atoms with Crippen LogP contribution in [0.5, 0.6) is 5.75 Å². The van der Waals surface area contributed by atoms with Crippen molar-refractivity contribution in [3.63, 3.8) is 0 Å². The Morgan fingerprint density at radius 2 is 1.87 bits per heavy atom. The molecular formula is C13H14NO+. The topological polar surface area (TPSA) is 35.8 Å². The molecule has 0 fully saturated rings. The van der Waals surface area contributed by atoms with E-state index in [4.69, 9.17) is 5.11 Å². The first-order chi connectivity index (χ1) is 7.18. The lowest BCUT2D eigenvalue weighted by Crippen LogP contribution is -1.88. The van der Waals surface area contributed by atoms with Crippen molar-refractivity contribution in [3.8, 4) is 16.9 Å². The van der Waals surface area contributed by atoms with Crippen LogP contribution < -0.4 is 0 Å². The minimum absolute atomic E-state index is 0.554. The highest BCUT2D eigenvalue weighted by Crippen LogP contribution is 2.27. The third-order valence-electron chi connectivity index (χ3n) is 2.52. The smallest absolute Gasteiger partial charge is 0.254 e. The number of aryl methyl sites for hydroxylation is 2. The van der Waals surface area contributed by atoms with E-state index in [1.165, 1.54) is 0 Å². The summed E-state index contributed by atoms with van der Waals surface area (Å²) in [5.74, 6) is 0.554. The van der Waals surface area contributed by atoms with E-state index in [1.54, 1.807) is 6.20 Å². The maximum atomic E-state index is 7.53. The third-order valence-corrected chi connectivity index (χ3v) is 2.52. The van der Waals surface area contributed by atoms with Crippen LogP contribution in [-0.2, 0) is 0 Å². The molecule has 0 aliphatic rings. The summed E-state index contributed by atoms with van der Waals surface area (Å²) in [4.78, 5) is 4.27. The lowest BCUT2D eigenvalue weighted by atomic mass is 9.99. The molecular weight excluding hydrogens is 186 g/mol. The second-order valence-electron chi connectivity index (χ2n) is 3.67. The van der Waals surface area contributed by atoms with E-state index in [0.717, 1.165) is 22.4 Å². The van der Waals surface area contributed by atoms with E-state index in [-0.39, 0.29) is 0 Å². The van der Waals surface area contributed by atoms with E-state index in [0.29, 0.717) is 5.75 Å². The SMILES string of the molecule is Cc1cc([OH2+])ccc1-c1cccnc1C. The second-order valence-corrected chi connectivity index (χ2v) is 3.67. The second kappa shape index (κ2) is 3.73. The number of rotatable bonds is 1. The van der Waals surface area contributed by atoms with Gasteiger partial charge in [0.05, 0.1) is 0 Å². The summed E-state index contributed by atoms with van der Waals surface area (Å²) >= 11 is 0. The van der Waals surface area contributed by atoms with Gasteiger partial charge in [0.1, 0.15) is 0 Å². The highest BCUT2D eigenvalue weighted by Gasteiger charge is 2.06. The molecule has 2 nitrogen and oxygen atoms in total. The summed E-state index contributed by atoms with van der Waals surface area (Å²) in [5, 5.41) is 7.53. The van der Waals surface area contributed by atoms with Crippen molar-refractivity contribution >= 4 is 0 Å². The molecule has 0 atom stereocenters. The van der Waals surface area contributed by atoms with Crippen molar-refractivity contribution in [2.24, 2.45) is 0 Å². The van der Waals surface area contributed by atoms with Gasteiger partial charge < -0.3 is 5.11 Å². The molecule has 2 aromatic rings. The van der Waals surface area contributed by atoms with E-state index in [9.17, 15) is 0 Å². The zero-order valence-corrected chi connectivity index (χ0v) is 8.91. The van der Waals surface area contributed by atoms with Crippen molar-refractivity contribution in [2.75, 3.05) is 0 Å². The first kappa shape index (κ1) is 9.71. The minimum atomic E-state index is 0.554. The molecule has 0 saturated carbocycles. The minimum Gasteiger partial charge on any atom is -0.593 e. The summed E-state index contributed by atoms with van der Waals surface area (Å²) < 4.78 is 0. The normalized spacial score (nSPS) is 10.3. The van der Waals surface area contributed by atoms with Gasteiger partial charge in [0.15, 0.2) is 0 Å². The van der Waals surface area contributed by atoms with Gasteiger partial charge in [0.25, 0.3) is 5.75 Å². The monoisotopic (exact) mass is 200 g/mol. The van der Waals surface area contributed by atoms with Gasteiger partial charge in [-0.25, -0.2) is 0 Å². The van der Waals surface area contributed by atoms with Gasteiger partial charge in [-0.05, 0) is 37.1 Å². The van der Waals surface area contributed by atoms with Crippen LogP contribution in [0.25, 0.3) is 11.1 Å². The van der Waals surface area contributed by atoms with Crippen molar-refractivity contribution < 1.29 is 5.11 Å². The van der Waals surface area contributed by atoms with Crippen molar-refractivity contribution in [3.05, 3.63) is 47.8 Å². The molecule has 15 heavy (non-hydrogen) atoms. The zero-order chi connectivity index (χ0) is 10.8. The Morgan fingerprint density at radius 1 is 1.07 bits per heavy atom. The lowest BCUT2D eigenvalue weighted by molar-refractivity contribution is 0.475. The van der Waals surface area contributed by atoms with Gasteiger partial charge in [-0.2, -0.15) is 0 Å². The summed E-state index contributed by atoms with van der Waals surface area (Å²) in [6.45, 7) is 4.03. The molecule has 0 saturated heterocycles. The van der Waals surface area contributed by atoms with Crippen molar-refractivity contribution in [2.45, 2.75) is 13.8 Å². The lowest BCUT2D eigenvalue weighted by Gasteiger charge is -2.07. The Labute approximate surface area is 89.2 Å². The van der Waals surface area contributed by atoms with Crippen LogP contribution in [0.1, 0.15) is 11.3 Å². The maximum absolute atomic E-state index is 7.53. The van der Waals surface area contributed by atoms with E-state index in [2.05, 4.69) is 11.1 Å². The Bertz CT molecular complexity index is 492. The fourth-order valence-electron chi connectivity index (χ4n) is 1.73. The summed E-state index contributed by atoms with van der Waals surface area (Å²) in [6, 6.07) is 9.68. The van der Waals surface area contributed by atoms with Crippen LogP contribution in [0.15, 0.2) is 36.5 Å². The molecule has 0 bridgehead atoms. The van der Waals surface area contributed by atoms with Crippen LogP contribution in [0.3, 0.4) is 0 Å². The van der Waals surface area contributed by atoms with E-state index in [1.807, 2.05) is 38.1 Å².